The second kappa shape index (κ2) is 9.82. The second-order valence-electron chi connectivity index (χ2n) is 7.38. The van der Waals surface area contributed by atoms with Crippen LogP contribution in [-0.4, -0.2) is 5.78 Å². The summed E-state index contributed by atoms with van der Waals surface area (Å²) >= 11 is 1.61. The van der Waals surface area contributed by atoms with Crippen molar-refractivity contribution < 1.29 is 4.79 Å². The Kier molecular flexibility index (Phi) is 6.69. The van der Waals surface area contributed by atoms with Crippen LogP contribution in [0.25, 0.3) is 32.7 Å². The maximum absolute atomic E-state index is 12.7. The van der Waals surface area contributed by atoms with Crippen LogP contribution in [0.1, 0.15) is 15.9 Å². The summed E-state index contributed by atoms with van der Waals surface area (Å²) < 4.78 is 0. The van der Waals surface area contributed by atoms with Crippen molar-refractivity contribution in [3.05, 3.63) is 132 Å². The molecule has 0 atom stereocenters. The molecule has 0 spiro atoms. The Morgan fingerprint density at radius 2 is 1.03 bits per heavy atom. The smallest absolute Gasteiger partial charge is 0.193 e. The van der Waals surface area contributed by atoms with Crippen LogP contribution in [0.2, 0.25) is 0 Å². The number of rotatable bonds is 5. The predicted molar refractivity (Wildman–Crippen MR) is 141 cm³/mol. The van der Waals surface area contributed by atoms with E-state index in [4.69, 9.17) is 0 Å². The fourth-order valence-corrected chi connectivity index (χ4v) is 4.68. The lowest BCUT2D eigenvalue weighted by Gasteiger charge is -2.10. The summed E-state index contributed by atoms with van der Waals surface area (Å²) in [6.07, 6.45) is 0. The third-order valence-corrected chi connectivity index (χ3v) is 6.37. The Bertz CT molecular complexity index is 1320. The first-order valence-electron chi connectivity index (χ1n) is 10.2. The van der Waals surface area contributed by atoms with Gasteiger partial charge in [0, 0.05) is 21.4 Å². The van der Waals surface area contributed by atoms with Gasteiger partial charge in [0.1, 0.15) is 0 Å². The van der Waals surface area contributed by atoms with E-state index in [2.05, 4.69) is 72.8 Å². The van der Waals surface area contributed by atoms with Gasteiger partial charge in [-0.05, 0) is 33.9 Å². The zero-order valence-corrected chi connectivity index (χ0v) is 19.2. The molecule has 0 bridgehead atoms. The fraction of sp³-hybridized carbons (Fsp3) is 0. The number of hydrogen-bond acceptors (Lipinski definition) is 2. The number of carbonyl (C=O) groups excluding carboxylic acids is 1. The van der Waals surface area contributed by atoms with Crippen LogP contribution in [0, 0.1) is 0 Å². The molecule has 0 saturated heterocycles. The summed E-state index contributed by atoms with van der Waals surface area (Å²) in [5.41, 5.74) is 7.42. The molecule has 5 aromatic rings. The van der Waals surface area contributed by atoms with E-state index in [-0.39, 0.29) is 19.3 Å². The van der Waals surface area contributed by atoms with Crippen molar-refractivity contribution in [1.29, 1.82) is 0 Å². The van der Waals surface area contributed by atoms with Crippen LogP contribution in [-0.2, 0) is 0 Å². The number of hydrogen-bond donors (Lipinski definition) is 0. The number of carbonyl (C=O) groups is 1. The third-order valence-electron chi connectivity index (χ3n) is 5.39. The van der Waals surface area contributed by atoms with E-state index in [1.54, 1.807) is 11.3 Å². The highest BCUT2D eigenvalue weighted by Gasteiger charge is 2.12. The van der Waals surface area contributed by atoms with E-state index in [1.165, 1.54) is 22.3 Å². The molecule has 0 aliphatic rings. The Morgan fingerprint density at radius 3 is 1.66 bits per heavy atom. The third kappa shape index (κ3) is 4.45. The average Bonchev–Trinajstić information content (AvgIpc) is 3.35. The molecule has 156 valence electrons. The van der Waals surface area contributed by atoms with Crippen molar-refractivity contribution in [2.24, 2.45) is 0 Å². The monoisotopic (exact) mass is 450 g/mol. The van der Waals surface area contributed by atoms with Crippen molar-refractivity contribution >= 4 is 30.6 Å². The quantitative estimate of drug-likeness (QED) is 0.247. The lowest BCUT2D eigenvalue weighted by atomic mass is 9.94. The van der Waals surface area contributed by atoms with Crippen molar-refractivity contribution in [3.63, 3.8) is 0 Å². The van der Waals surface area contributed by atoms with Crippen LogP contribution in [0.5, 0.6) is 0 Å². The molecule has 0 fully saturated rings. The molecule has 0 aliphatic carbocycles. The molecular formula is C29H22OS2. The van der Waals surface area contributed by atoms with Crippen LogP contribution >= 0.6 is 24.8 Å². The summed E-state index contributed by atoms with van der Waals surface area (Å²) in [5, 5.41) is 1.95. The Labute approximate surface area is 199 Å². The average molecular weight is 451 g/mol. The minimum Gasteiger partial charge on any atom is -0.289 e. The molecule has 0 unspecified atom stereocenters. The zero-order chi connectivity index (χ0) is 21.0. The molecule has 1 nitrogen and oxygen atoms in total. The first-order chi connectivity index (χ1) is 15.3. The summed E-state index contributed by atoms with van der Waals surface area (Å²) in [6, 6.07) is 39.0. The Hall–Kier alpha value is -3.40. The van der Waals surface area contributed by atoms with Gasteiger partial charge in [0.15, 0.2) is 5.78 Å². The van der Waals surface area contributed by atoms with Gasteiger partial charge >= 0.3 is 0 Å². The Balaban J connectivity index is 0.00000245. The number of thiophene rings is 1. The Morgan fingerprint density at radius 1 is 0.531 bits per heavy atom. The van der Waals surface area contributed by atoms with E-state index in [0.29, 0.717) is 0 Å². The van der Waals surface area contributed by atoms with Gasteiger partial charge in [-0.3, -0.25) is 4.79 Å². The molecule has 1 heterocycles. The molecule has 5 rings (SSSR count). The maximum atomic E-state index is 12.7. The molecule has 32 heavy (non-hydrogen) atoms. The van der Waals surface area contributed by atoms with Crippen molar-refractivity contribution in [2.75, 3.05) is 0 Å². The first kappa shape index (κ1) is 21.8. The van der Waals surface area contributed by atoms with Crippen molar-refractivity contribution in [2.45, 2.75) is 0 Å². The van der Waals surface area contributed by atoms with Gasteiger partial charge in [-0.25, -0.2) is 0 Å². The highest BCUT2D eigenvalue weighted by molar-refractivity contribution is 7.59. The molecule has 0 amide bonds. The van der Waals surface area contributed by atoms with E-state index in [0.717, 1.165) is 21.6 Å². The molecule has 3 heteroatoms. The van der Waals surface area contributed by atoms with Crippen LogP contribution < -0.4 is 0 Å². The van der Waals surface area contributed by atoms with E-state index in [9.17, 15) is 4.79 Å². The van der Waals surface area contributed by atoms with Gasteiger partial charge < -0.3 is 0 Å². The summed E-state index contributed by atoms with van der Waals surface area (Å²) in [5.74, 6) is 0.0662. The lowest BCUT2D eigenvalue weighted by Crippen LogP contribution is -1.98. The lowest BCUT2D eigenvalue weighted by molar-refractivity contribution is 0.103. The highest BCUT2D eigenvalue weighted by Crippen LogP contribution is 2.34. The fourth-order valence-electron chi connectivity index (χ4n) is 3.78. The molecule has 0 saturated carbocycles. The summed E-state index contributed by atoms with van der Waals surface area (Å²) in [6.45, 7) is 0. The largest absolute Gasteiger partial charge is 0.289 e. The predicted octanol–water partition coefficient (Wildman–Crippen LogP) is 8.09. The van der Waals surface area contributed by atoms with Crippen LogP contribution in [0.4, 0.5) is 0 Å². The molecule has 0 aliphatic heterocycles. The summed E-state index contributed by atoms with van der Waals surface area (Å²) in [4.78, 5) is 13.8. The van der Waals surface area contributed by atoms with E-state index < -0.39 is 0 Å². The van der Waals surface area contributed by atoms with Crippen molar-refractivity contribution in [1.82, 2.24) is 0 Å². The normalized spacial score (nSPS) is 10.4. The van der Waals surface area contributed by atoms with Gasteiger partial charge in [0.2, 0.25) is 0 Å². The number of benzene rings is 4. The molecule has 1 aromatic heterocycles. The first-order valence-corrected chi connectivity index (χ1v) is 11.1. The van der Waals surface area contributed by atoms with Gasteiger partial charge in [-0.1, -0.05) is 109 Å². The highest BCUT2D eigenvalue weighted by atomic mass is 32.1. The minimum absolute atomic E-state index is 0. The topological polar surface area (TPSA) is 17.1 Å². The van der Waals surface area contributed by atoms with E-state index in [1.807, 2.05) is 47.8 Å². The minimum atomic E-state index is 0. The van der Waals surface area contributed by atoms with Crippen LogP contribution in [0.15, 0.2) is 121 Å². The van der Waals surface area contributed by atoms with Gasteiger partial charge in [0.05, 0.1) is 0 Å². The van der Waals surface area contributed by atoms with Gasteiger partial charge in [-0.2, -0.15) is 13.5 Å². The zero-order valence-electron chi connectivity index (χ0n) is 17.4. The molecular weight excluding hydrogens is 428 g/mol. The SMILES string of the molecule is O=C(c1ccccc1)c1csc(-c2ccc(-c3ccccc3-c3ccccc3)cc2)c1.S. The number of ketones is 1. The second-order valence-corrected chi connectivity index (χ2v) is 8.29. The maximum Gasteiger partial charge on any atom is 0.193 e. The van der Waals surface area contributed by atoms with Crippen LogP contribution in [0.3, 0.4) is 0 Å². The van der Waals surface area contributed by atoms with Crippen molar-refractivity contribution in [3.8, 4) is 32.7 Å². The molecule has 0 N–H and O–H groups in total. The molecule has 4 aromatic carbocycles. The van der Waals surface area contributed by atoms with Gasteiger partial charge in [0.25, 0.3) is 0 Å². The van der Waals surface area contributed by atoms with Gasteiger partial charge in [-0.15, -0.1) is 11.3 Å². The van der Waals surface area contributed by atoms with E-state index >= 15 is 0 Å². The standard InChI is InChI=1S/C29H20OS.H2S/c30-29(24-11-5-2-6-12-24)25-19-28(31-20-25)23-17-15-22(16-18-23)27-14-8-7-13-26(27)21-9-3-1-4-10-21;/h1-20H;1H2. The summed E-state index contributed by atoms with van der Waals surface area (Å²) in [7, 11) is 0. The molecule has 0 radical (unpaired) electrons.